The number of rotatable bonds is 11. The lowest BCUT2D eigenvalue weighted by Gasteiger charge is -2.22. The van der Waals surface area contributed by atoms with Crippen molar-refractivity contribution < 1.29 is 22.7 Å². The summed E-state index contributed by atoms with van der Waals surface area (Å²) in [6, 6.07) is 16.0. The van der Waals surface area contributed by atoms with Gasteiger partial charge in [-0.1, -0.05) is 30.3 Å². The van der Waals surface area contributed by atoms with Crippen molar-refractivity contribution in [3.8, 4) is 5.75 Å². The highest BCUT2D eigenvalue weighted by Gasteiger charge is 2.24. The molecule has 0 unspecified atom stereocenters. The highest BCUT2D eigenvalue weighted by Crippen LogP contribution is 2.20. The molecule has 0 bridgehead atoms. The van der Waals surface area contributed by atoms with Crippen LogP contribution in [0, 0.1) is 0 Å². The van der Waals surface area contributed by atoms with Gasteiger partial charge in [0, 0.05) is 19.5 Å². The number of benzene rings is 2. The largest absolute Gasteiger partial charge is 0.497 e. The Morgan fingerprint density at radius 2 is 1.68 bits per heavy atom. The normalized spacial score (nSPS) is 11.4. The van der Waals surface area contributed by atoms with E-state index >= 15 is 0 Å². The summed E-state index contributed by atoms with van der Waals surface area (Å²) in [4.78, 5) is 11.8. The van der Waals surface area contributed by atoms with Gasteiger partial charge in [0.05, 0.1) is 18.6 Å². The van der Waals surface area contributed by atoms with Crippen LogP contribution < -0.4 is 4.74 Å². The summed E-state index contributed by atoms with van der Waals surface area (Å²) >= 11 is 0. The molecule has 0 spiro atoms. The first-order valence-corrected chi connectivity index (χ1v) is 10.7. The molecular weight excluding hydrogens is 378 g/mol. The van der Waals surface area contributed by atoms with E-state index < -0.39 is 10.0 Å². The van der Waals surface area contributed by atoms with Crippen molar-refractivity contribution in [1.82, 2.24) is 4.31 Å². The van der Waals surface area contributed by atoms with E-state index in [1.165, 1.54) is 23.5 Å². The molecule has 0 N–H and O–H groups in total. The SMILES string of the molecule is CCOC(=O)CCCN(CCc1ccccc1)S(=O)(=O)c1ccc(OC)cc1. The van der Waals surface area contributed by atoms with Crippen LogP contribution >= 0.6 is 0 Å². The summed E-state index contributed by atoms with van der Waals surface area (Å²) in [6.45, 7) is 2.65. The summed E-state index contributed by atoms with van der Waals surface area (Å²) in [7, 11) is -2.15. The quantitative estimate of drug-likeness (QED) is 0.537. The maximum Gasteiger partial charge on any atom is 0.305 e. The Kier molecular flexibility index (Phi) is 8.47. The fourth-order valence-corrected chi connectivity index (χ4v) is 4.26. The van der Waals surface area contributed by atoms with E-state index in [9.17, 15) is 13.2 Å². The number of carbonyl (C=O) groups excluding carboxylic acids is 1. The molecule has 0 aliphatic rings. The highest BCUT2D eigenvalue weighted by atomic mass is 32.2. The molecule has 0 radical (unpaired) electrons. The molecule has 0 aliphatic heterocycles. The third-order valence-corrected chi connectivity index (χ3v) is 6.20. The van der Waals surface area contributed by atoms with E-state index in [1.807, 2.05) is 30.3 Å². The van der Waals surface area contributed by atoms with Crippen molar-refractivity contribution in [2.24, 2.45) is 0 Å². The van der Waals surface area contributed by atoms with Gasteiger partial charge >= 0.3 is 5.97 Å². The Hall–Kier alpha value is -2.38. The maximum atomic E-state index is 13.1. The van der Waals surface area contributed by atoms with Crippen LogP contribution in [0.2, 0.25) is 0 Å². The van der Waals surface area contributed by atoms with E-state index in [4.69, 9.17) is 9.47 Å². The lowest BCUT2D eigenvalue weighted by molar-refractivity contribution is -0.143. The minimum atomic E-state index is -3.68. The van der Waals surface area contributed by atoms with Crippen LogP contribution in [-0.4, -0.2) is 45.5 Å². The van der Waals surface area contributed by atoms with Crippen molar-refractivity contribution in [3.05, 3.63) is 60.2 Å². The second kappa shape index (κ2) is 10.8. The van der Waals surface area contributed by atoms with Crippen molar-refractivity contribution in [2.75, 3.05) is 26.8 Å². The molecule has 0 aliphatic carbocycles. The van der Waals surface area contributed by atoms with Crippen molar-refractivity contribution in [2.45, 2.75) is 31.1 Å². The number of sulfonamides is 1. The third kappa shape index (κ3) is 6.35. The molecule has 0 aromatic heterocycles. The number of esters is 1. The van der Waals surface area contributed by atoms with Gasteiger partial charge in [0.15, 0.2) is 0 Å². The fraction of sp³-hybridized carbons (Fsp3) is 0.381. The predicted molar refractivity (Wildman–Crippen MR) is 108 cm³/mol. The average molecular weight is 406 g/mol. The smallest absolute Gasteiger partial charge is 0.305 e. The molecule has 2 aromatic rings. The van der Waals surface area contributed by atoms with Crippen molar-refractivity contribution in [3.63, 3.8) is 0 Å². The van der Waals surface area contributed by atoms with Crippen molar-refractivity contribution >= 4 is 16.0 Å². The molecule has 0 saturated carbocycles. The Morgan fingerprint density at radius 3 is 2.29 bits per heavy atom. The molecule has 0 heterocycles. The van der Waals surface area contributed by atoms with Gasteiger partial charge in [-0.25, -0.2) is 8.42 Å². The first kappa shape index (κ1) is 21.9. The summed E-state index contributed by atoms with van der Waals surface area (Å²) in [6.07, 6.45) is 1.19. The van der Waals surface area contributed by atoms with Crippen LogP contribution in [-0.2, 0) is 26.0 Å². The standard InChI is InChI=1S/C21H27NO5S/c1-3-27-21(23)10-7-16-22(17-15-18-8-5-4-6-9-18)28(24,25)20-13-11-19(26-2)12-14-20/h4-6,8-9,11-14H,3,7,10,15-17H2,1-2H3. The maximum absolute atomic E-state index is 13.1. The van der Waals surface area contributed by atoms with Gasteiger partial charge in [-0.3, -0.25) is 4.79 Å². The van der Waals surface area contributed by atoms with Gasteiger partial charge in [-0.15, -0.1) is 0 Å². The van der Waals surface area contributed by atoms with Gasteiger partial charge in [-0.2, -0.15) is 4.31 Å². The molecule has 152 valence electrons. The van der Waals surface area contributed by atoms with E-state index in [2.05, 4.69) is 0 Å². The number of methoxy groups -OCH3 is 1. The molecule has 2 rings (SSSR count). The van der Waals surface area contributed by atoms with E-state index in [1.54, 1.807) is 19.1 Å². The summed E-state index contributed by atoms with van der Waals surface area (Å²) in [5.41, 5.74) is 1.06. The molecule has 2 aromatic carbocycles. The molecule has 6 nitrogen and oxygen atoms in total. The Bertz CT molecular complexity index is 835. The number of carbonyl (C=O) groups is 1. The first-order valence-electron chi connectivity index (χ1n) is 9.31. The molecule has 0 fully saturated rings. The van der Waals surface area contributed by atoms with Gasteiger partial charge in [0.2, 0.25) is 10.0 Å². The van der Waals surface area contributed by atoms with Gasteiger partial charge in [0.1, 0.15) is 5.75 Å². The fourth-order valence-electron chi connectivity index (χ4n) is 2.78. The van der Waals surface area contributed by atoms with E-state index in [-0.39, 0.29) is 23.8 Å². The first-order chi connectivity index (χ1) is 13.5. The van der Waals surface area contributed by atoms with E-state index in [0.29, 0.717) is 31.7 Å². The summed E-state index contributed by atoms with van der Waals surface area (Å²) in [5.74, 6) is 0.282. The Balaban J connectivity index is 2.13. The lowest BCUT2D eigenvalue weighted by Crippen LogP contribution is -2.34. The summed E-state index contributed by atoms with van der Waals surface area (Å²) in [5, 5.41) is 0. The monoisotopic (exact) mass is 405 g/mol. The lowest BCUT2D eigenvalue weighted by atomic mass is 10.1. The molecular formula is C21H27NO5S. The second-order valence-electron chi connectivity index (χ2n) is 6.22. The number of ether oxygens (including phenoxy) is 2. The Labute approximate surface area is 167 Å². The highest BCUT2D eigenvalue weighted by molar-refractivity contribution is 7.89. The average Bonchev–Trinajstić information content (AvgIpc) is 2.71. The second-order valence-corrected chi connectivity index (χ2v) is 8.16. The number of nitrogens with zero attached hydrogens (tertiary/aromatic N) is 1. The topological polar surface area (TPSA) is 72.9 Å². The molecule has 7 heteroatoms. The molecule has 0 amide bonds. The molecule has 28 heavy (non-hydrogen) atoms. The Morgan fingerprint density at radius 1 is 1.00 bits per heavy atom. The zero-order chi connectivity index (χ0) is 20.4. The minimum absolute atomic E-state index is 0.188. The number of hydrogen-bond donors (Lipinski definition) is 0. The van der Waals surface area contributed by atoms with Gasteiger partial charge in [0.25, 0.3) is 0 Å². The minimum Gasteiger partial charge on any atom is -0.497 e. The van der Waals surface area contributed by atoms with Crippen LogP contribution in [0.15, 0.2) is 59.5 Å². The van der Waals surface area contributed by atoms with Gasteiger partial charge in [-0.05, 0) is 49.6 Å². The van der Waals surface area contributed by atoms with Crippen LogP contribution in [0.3, 0.4) is 0 Å². The molecule has 0 atom stereocenters. The predicted octanol–water partition coefficient (Wildman–Crippen LogP) is 3.27. The van der Waals surface area contributed by atoms with Crippen LogP contribution in [0.1, 0.15) is 25.3 Å². The zero-order valence-electron chi connectivity index (χ0n) is 16.3. The number of hydrogen-bond acceptors (Lipinski definition) is 5. The van der Waals surface area contributed by atoms with E-state index in [0.717, 1.165) is 5.56 Å². The van der Waals surface area contributed by atoms with Crippen LogP contribution in [0.5, 0.6) is 5.75 Å². The van der Waals surface area contributed by atoms with Gasteiger partial charge < -0.3 is 9.47 Å². The van der Waals surface area contributed by atoms with Crippen LogP contribution in [0.25, 0.3) is 0 Å². The third-order valence-electron chi connectivity index (χ3n) is 4.28. The summed E-state index contributed by atoms with van der Waals surface area (Å²) < 4.78 is 37.7. The molecule has 0 saturated heterocycles. The zero-order valence-corrected chi connectivity index (χ0v) is 17.2. The van der Waals surface area contributed by atoms with Crippen LogP contribution in [0.4, 0.5) is 0 Å². The van der Waals surface area contributed by atoms with Crippen molar-refractivity contribution in [1.29, 1.82) is 0 Å².